The minimum atomic E-state index is -3.72. The van der Waals surface area contributed by atoms with Gasteiger partial charge >= 0.3 is 0 Å². The molecule has 1 aliphatic heterocycles. The van der Waals surface area contributed by atoms with Crippen molar-refractivity contribution in [2.45, 2.75) is 36.5 Å². The Morgan fingerprint density at radius 3 is 2.36 bits per heavy atom. The number of benzene rings is 1. The number of rotatable bonds is 11. The molecule has 0 spiro atoms. The van der Waals surface area contributed by atoms with Gasteiger partial charge in [-0.25, -0.2) is 13.9 Å². The maximum absolute atomic E-state index is 13.3. The molecule has 194 valence electrons. The molecular formula is C23H30BN3O7S2. The summed E-state index contributed by atoms with van der Waals surface area (Å²) in [5.41, 5.74) is 2.42. The van der Waals surface area contributed by atoms with Gasteiger partial charge in [-0.15, -0.1) is 11.3 Å². The molecule has 3 rings (SSSR count). The molecule has 13 heteroatoms. The number of ether oxygens (including phenoxy) is 1. The average Bonchev–Trinajstić information content (AvgIpc) is 3.34. The summed E-state index contributed by atoms with van der Waals surface area (Å²) in [5.74, 6) is -1.85. The summed E-state index contributed by atoms with van der Waals surface area (Å²) in [5, 5.41) is 19.4. The number of aliphatic hydroxyl groups is 1. The molecule has 36 heavy (non-hydrogen) atoms. The number of nitrogens with one attached hydrogen (secondary N) is 1. The molecule has 0 bridgehead atoms. The predicted molar refractivity (Wildman–Crippen MR) is 135 cm³/mol. The molecule has 2 aromatic rings. The van der Waals surface area contributed by atoms with Crippen molar-refractivity contribution in [3.63, 3.8) is 0 Å². The number of hydrogen-bond acceptors (Lipinski definition) is 8. The Morgan fingerprint density at radius 2 is 1.81 bits per heavy atom. The molecule has 0 aliphatic carbocycles. The predicted octanol–water partition coefficient (Wildman–Crippen LogP) is 0.279. The Bertz CT molecular complexity index is 1130. The van der Waals surface area contributed by atoms with E-state index in [-0.39, 0.29) is 36.8 Å². The number of carbonyl (C=O) groups is 2. The lowest BCUT2D eigenvalue weighted by Gasteiger charge is -2.36. The molecule has 2 heterocycles. The fourth-order valence-corrected chi connectivity index (χ4v) is 6.76. The number of amides is 2. The van der Waals surface area contributed by atoms with Crippen molar-refractivity contribution in [1.82, 2.24) is 14.7 Å². The van der Waals surface area contributed by atoms with Crippen LogP contribution in [-0.2, 0) is 26.0 Å². The van der Waals surface area contributed by atoms with E-state index in [1.165, 1.54) is 26.8 Å². The van der Waals surface area contributed by atoms with Gasteiger partial charge in [0.25, 0.3) is 15.9 Å². The summed E-state index contributed by atoms with van der Waals surface area (Å²) in [6, 6.07) is 10.5. The number of aliphatic hydroxyl groups excluding tert-OH is 1. The van der Waals surface area contributed by atoms with Crippen LogP contribution in [0.4, 0.5) is 0 Å². The molecule has 0 unspecified atom stereocenters. The second-order valence-corrected chi connectivity index (χ2v) is 11.7. The van der Waals surface area contributed by atoms with E-state index < -0.39 is 33.9 Å². The molecule has 2 amide bonds. The third-order valence-corrected chi connectivity index (χ3v) is 9.32. The summed E-state index contributed by atoms with van der Waals surface area (Å²) in [6.45, 7) is 2.85. The van der Waals surface area contributed by atoms with Crippen molar-refractivity contribution in [2.75, 3.05) is 32.8 Å². The van der Waals surface area contributed by atoms with Crippen LogP contribution in [-0.4, -0.2) is 86.5 Å². The molecule has 1 aliphatic rings. The van der Waals surface area contributed by atoms with E-state index in [9.17, 15) is 23.1 Å². The standard InChI is InChI=1S/C23H30BN3O7S2/c1-2-34-17-8-6-16(7-9-17)4-3-5-18(21(28)22(29)25-31)23(30)26-12-14-27(15-13-26)36(32,33)20-11-10-19(24)35-20/h6-11,18,21,28,31H,2-5,12-15H2,1H3,(H,25,29)/t18-,21+/m1/s1. The van der Waals surface area contributed by atoms with Gasteiger partial charge < -0.3 is 14.7 Å². The molecule has 1 fully saturated rings. The molecule has 1 aromatic carbocycles. The first kappa shape index (κ1) is 28.1. The summed E-state index contributed by atoms with van der Waals surface area (Å²) in [6.07, 6.45) is -0.416. The van der Waals surface area contributed by atoms with Crippen LogP contribution < -0.4 is 15.0 Å². The van der Waals surface area contributed by atoms with Gasteiger partial charge in [-0.2, -0.15) is 4.31 Å². The molecule has 3 N–H and O–H groups in total. The van der Waals surface area contributed by atoms with Crippen LogP contribution in [0.1, 0.15) is 25.3 Å². The fourth-order valence-electron chi connectivity index (χ4n) is 4.09. The van der Waals surface area contributed by atoms with Gasteiger partial charge in [0.2, 0.25) is 5.91 Å². The van der Waals surface area contributed by atoms with E-state index in [1.807, 2.05) is 31.2 Å². The number of hydrogen-bond donors (Lipinski definition) is 3. The molecule has 2 radical (unpaired) electrons. The zero-order valence-electron chi connectivity index (χ0n) is 20.0. The first-order chi connectivity index (χ1) is 17.2. The number of aryl methyl sites for hydroxylation is 1. The normalized spacial score (nSPS) is 16.4. The smallest absolute Gasteiger partial charge is 0.272 e. The Morgan fingerprint density at radius 1 is 1.14 bits per heavy atom. The number of nitrogens with zero attached hydrogens (tertiary/aromatic N) is 2. The first-order valence-electron chi connectivity index (χ1n) is 11.6. The fraction of sp³-hybridized carbons (Fsp3) is 0.478. The molecular weight excluding hydrogens is 505 g/mol. The van der Waals surface area contributed by atoms with Gasteiger partial charge in [0, 0.05) is 26.2 Å². The van der Waals surface area contributed by atoms with Crippen LogP contribution in [0.3, 0.4) is 0 Å². The van der Waals surface area contributed by atoms with E-state index in [0.717, 1.165) is 22.6 Å². The Labute approximate surface area is 216 Å². The van der Waals surface area contributed by atoms with Gasteiger partial charge in [0.1, 0.15) is 23.9 Å². The number of carbonyl (C=O) groups excluding carboxylic acids is 2. The average molecular weight is 535 g/mol. The number of hydroxylamine groups is 1. The Balaban J connectivity index is 1.62. The minimum absolute atomic E-state index is 0.0765. The number of piperazine rings is 1. The van der Waals surface area contributed by atoms with Crippen molar-refractivity contribution in [3.8, 4) is 5.75 Å². The van der Waals surface area contributed by atoms with E-state index in [0.29, 0.717) is 24.2 Å². The highest BCUT2D eigenvalue weighted by molar-refractivity contribution is 7.91. The maximum Gasteiger partial charge on any atom is 0.272 e. The summed E-state index contributed by atoms with van der Waals surface area (Å²) >= 11 is 0.980. The quantitative estimate of drug-likeness (QED) is 0.214. The van der Waals surface area contributed by atoms with Crippen LogP contribution in [0, 0.1) is 5.92 Å². The lowest BCUT2D eigenvalue weighted by Crippen LogP contribution is -2.54. The van der Waals surface area contributed by atoms with Gasteiger partial charge in [0.05, 0.1) is 12.5 Å². The van der Waals surface area contributed by atoms with Crippen molar-refractivity contribution in [2.24, 2.45) is 5.92 Å². The monoisotopic (exact) mass is 535 g/mol. The van der Waals surface area contributed by atoms with Gasteiger partial charge in [0.15, 0.2) is 0 Å². The van der Waals surface area contributed by atoms with Crippen molar-refractivity contribution in [1.29, 1.82) is 0 Å². The van der Waals surface area contributed by atoms with E-state index in [1.54, 1.807) is 0 Å². The van der Waals surface area contributed by atoms with Crippen LogP contribution in [0.25, 0.3) is 0 Å². The van der Waals surface area contributed by atoms with Crippen molar-refractivity contribution in [3.05, 3.63) is 42.0 Å². The highest BCUT2D eigenvalue weighted by Crippen LogP contribution is 2.23. The minimum Gasteiger partial charge on any atom is -0.494 e. The van der Waals surface area contributed by atoms with Crippen LogP contribution >= 0.6 is 11.3 Å². The van der Waals surface area contributed by atoms with E-state index >= 15 is 0 Å². The third-order valence-electron chi connectivity index (χ3n) is 6.04. The van der Waals surface area contributed by atoms with Gasteiger partial charge in [-0.3, -0.25) is 14.8 Å². The van der Waals surface area contributed by atoms with Crippen LogP contribution in [0.5, 0.6) is 5.75 Å². The Kier molecular flexibility index (Phi) is 9.91. The Hall–Kier alpha value is -2.45. The summed E-state index contributed by atoms with van der Waals surface area (Å²) in [4.78, 5) is 26.6. The van der Waals surface area contributed by atoms with E-state index in [4.69, 9.17) is 17.8 Å². The second-order valence-electron chi connectivity index (χ2n) is 8.38. The molecule has 1 aromatic heterocycles. The molecule has 0 saturated carbocycles. The zero-order chi connectivity index (χ0) is 26.3. The number of thiophene rings is 1. The second kappa shape index (κ2) is 12.7. The van der Waals surface area contributed by atoms with Crippen molar-refractivity contribution >= 4 is 45.8 Å². The SMILES string of the molecule is [B]c1ccc(S(=O)(=O)N2CCN(C(=O)[C@H](CCCc3ccc(OCC)cc3)[C@H](O)C(=O)NO)CC2)s1. The van der Waals surface area contributed by atoms with Crippen LogP contribution in [0.15, 0.2) is 40.6 Å². The van der Waals surface area contributed by atoms with Crippen molar-refractivity contribution < 1.29 is 33.1 Å². The summed E-state index contributed by atoms with van der Waals surface area (Å²) < 4.78 is 32.9. The van der Waals surface area contributed by atoms with Crippen LogP contribution in [0.2, 0.25) is 0 Å². The largest absolute Gasteiger partial charge is 0.494 e. The van der Waals surface area contributed by atoms with Gasteiger partial charge in [-0.1, -0.05) is 18.2 Å². The van der Waals surface area contributed by atoms with E-state index in [2.05, 4.69) is 0 Å². The lowest BCUT2D eigenvalue weighted by atomic mass is 9.92. The topological polar surface area (TPSA) is 136 Å². The van der Waals surface area contributed by atoms with Gasteiger partial charge in [-0.05, 0) is 54.7 Å². The molecule has 2 atom stereocenters. The summed E-state index contributed by atoms with van der Waals surface area (Å²) in [7, 11) is 1.95. The zero-order valence-corrected chi connectivity index (χ0v) is 21.6. The number of sulfonamides is 1. The highest BCUT2D eigenvalue weighted by Gasteiger charge is 2.37. The molecule has 10 nitrogen and oxygen atoms in total. The maximum atomic E-state index is 13.3. The highest BCUT2D eigenvalue weighted by atomic mass is 32.2. The first-order valence-corrected chi connectivity index (χ1v) is 13.9. The lowest BCUT2D eigenvalue weighted by molar-refractivity contribution is -0.151. The third kappa shape index (κ3) is 6.86. The molecule has 1 saturated heterocycles.